The van der Waals surface area contributed by atoms with Gasteiger partial charge in [0.25, 0.3) is 0 Å². The van der Waals surface area contributed by atoms with Crippen molar-refractivity contribution in [3.05, 3.63) is 88.9 Å². The van der Waals surface area contributed by atoms with Gasteiger partial charge in [0.05, 0.1) is 38.8 Å². The van der Waals surface area contributed by atoms with Crippen LogP contribution in [0.2, 0.25) is 5.02 Å². The van der Waals surface area contributed by atoms with Crippen molar-refractivity contribution < 1.29 is 19.3 Å². The maximum absolute atomic E-state index is 10.9. The summed E-state index contributed by atoms with van der Waals surface area (Å²) in [5.41, 5.74) is 3.25. The Bertz CT molecular complexity index is 1420. The van der Waals surface area contributed by atoms with Crippen LogP contribution in [-0.2, 0) is 0 Å². The molecule has 35 heavy (non-hydrogen) atoms. The van der Waals surface area contributed by atoms with E-state index in [-0.39, 0.29) is 11.8 Å². The van der Waals surface area contributed by atoms with Gasteiger partial charge >= 0.3 is 0 Å². The number of benzene rings is 4. The highest BCUT2D eigenvalue weighted by molar-refractivity contribution is 6.30. The van der Waals surface area contributed by atoms with Crippen LogP contribution in [0.25, 0.3) is 10.8 Å². The number of hydrogen-bond acceptors (Lipinski definition) is 6. The normalized spacial score (nSPS) is 15.3. The van der Waals surface area contributed by atoms with Crippen LogP contribution in [-0.4, -0.2) is 32.1 Å². The molecule has 0 bridgehead atoms. The highest BCUT2D eigenvalue weighted by Crippen LogP contribution is 2.45. The summed E-state index contributed by atoms with van der Waals surface area (Å²) in [6, 6.07) is 22.7. The first-order valence-electron chi connectivity index (χ1n) is 11.2. The number of methoxy groups -OCH3 is 3. The maximum atomic E-state index is 10.9. The summed E-state index contributed by atoms with van der Waals surface area (Å²) < 4.78 is 16.8. The molecule has 1 N–H and O–H groups in total. The summed E-state index contributed by atoms with van der Waals surface area (Å²) in [6.45, 7) is 0. The molecule has 0 fully saturated rings. The Morgan fingerprint density at radius 3 is 2.26 bits per heavy atom. The lowest BCUT2D eigenvalue weighted by atomic mass is 9.93. The van der Waals surface area contributed by atoms with Crippen molar-refractivity contribution in [3.63, 3.8) is 0 Å². The Balaban J connectivity index is 1.69. The molecule has 7 heteroatoms. The van der Waals surface area contributed by atoms with E-state index >= 15 is 0 Å². The fraction of sp³-hybridized carbons (Fsp3) is 0.179. The number of halogens is 1. The molecule has 4 aromatic rings. The van der Waals surface area contributed by atoms with Crippen LogP contribution in [0.5, 0.6) is 23.0 Å². The van der Waals surface area contributed by atoms with Crippen molar-refractivity contribution in [1.82, 2.24) is 0 Å². The van der Waals surface area contributed by atoms with Gasteiger partial charge in [0.1, 0.15) is 11.5 Å². The average Bonchev–Trinajstić information content (AvgIpc) is 3.32. The number of ether oxygens (including phenoxy) is 3. The van der Waals surface area contributed by atoms with Crippen molar-refractivity contribution in [2.45, 2.75) is 12.5 Å². The van der Waals surface area contributed by atoms with Gasteiger partial charge in [-0.25, -0.2) is 0 Å². The third-order valence-corrected chi connectivity index (χ3v) is 6.54. The molecule has 0 saturated carbocycles. The molecule has 5 rings (SSSR count). The van der Waals surface area contributed by atoms with E-state index in [2.05, 4.69) is 0 Å². The van der Waals surface area contributed by atoms with Gasteiger partial charge in [-0.2, -0.15) is 5.10 Å². The molecular formula is C28H25ClN2O4. The third kappa shape index (κ3) is 4.10. The van der Waals surface area contributed by atoms with E-state index in [9.17, 15) is 5.11 Å². The van der Waals surface area contributed by atoms with Gasteiger partial charge in [-0.05, 0) is 47.2 Å². The first kappa shape index (κ1) is 22.9. The molecule has 178 valence electrons. The van der Waals surface area contributed by atoms with Gasteiger partial charge in [-0.3, -0.25) is 5.01 Å². The predicted molar refractivity (Wildman–Crippen MR) is 140 cm³/mol. The van der Waals surface area contributed by atoms with Crippen molar-refractivity contribution in [1.29, 1.82) is 0 Å². The number of anilines is 1. The lowest BCUT2D eigenvalue weighted by Crippen LogP contribution is -2.19. The molecule has 4 aromatic carbocycles. The minimum absolute atomic E-state index is 0.193. The van der Waals surface area contributed by atoms with Gasteiger partial charge in [-0.1, -0.05) is 41.9 Å². The number of aromatic hydroxyl groups is 1. The number of phenolic OH excluding ortho intramolecular Hbond substituents is 1. The molecule has 1 atom stereocenters. The van der Waals surface area contributed by atoms with Crippen molar-refractivity contribution >= 4 is 33.8 Å². The fourth-order valence-corrected chi connectivity index (χ4v) is 4.74. The second-order valence-corrected chi connectivity index (χ2v) is 8.65. The second-order valence-electron chi connectivity index (χ2n) is 8.22. The molecule has 1 heterocycles. The molecule has 0 aromatic heterocycles. The first-order valence-corrected chi connectivity index (χ1v) is 11.5. The zero-order chi connectivity index (χ0) is 24.5. The molecule has 1 aliphatic rings. The smallest absolute Gasteiger partial charge is 0.164 e. The molecule has 6 nitrogen and oxygen atoms in total. The molecule has 0 aliphatic carbocycles. The molecule has 1 aliphatic heterocycles. The largest absolute Gasteiger partial charge is 0.507 e. The molecule has 0 radical (unpaired) electrons. The summed E-state index contributed by atoms with van der Waals surface area (Å²) in [5.74, 6) is 2.03. The maximum Gasteiger partial charge on any atom is 0.164 e. The zero-order valence-corrected chi connectivity index (χ0v) is 20.4. The van der Waals surface area contributed by atoms with Crippen molar-refractivity contribution in [3.8, 4) is 23.0 Å². The van der Waals surface area contributed by atoms with Crippen LogP contribution in [0.15, 0.2) is 77.9 Å². The van der Waals surface area contributed by atoms with Crippen molar-refractivity contribution in [2.75, 3.05) is 26.3 Å². The Morgan fingerprint density at radius 1 is 0.857 bits per heavy atom. The van der Waals surface area contributed by atoms with E-state index in [1.165, 1.54) is 0 Å². The highest BCUT2D eigenvalue weighted by atomic mass is 35.5. The number of hydrazone groups is 1. The van der Waals surface area contributed by atoms with Crippen LogP contribution in [0, 0.1) is 0 Å². The Hall–Kier alpha value is -3.90. The lowest BCUT2D eigenvalue weighted by molar-refractivity contribution is 0.346. The molecule has 0 saturated heterocycles. The quantitative estimate of drug-likeness (QED) is 0.332. The SMILES string of the molecule is COc1cc(OC)c(C2CC(c3c(O)ccc4ccccc34)=NN2c2ccc(Cl)cc2)cc1OC. The highest BCUT2D eigenvalue weighted by Gasteiger charge is 2.34. The van der Waals surface area contributed by atoms with Gasteiger partial charge in [0.15, 0.2) is 11.5 Å². The minimum atomic E-state index is -0.223. The monoisotopic (exact) mass is 488 g/mol. The summed E-state index contributed by atoms with van der Waals surface area (Å²) in [4.78, 5) is 0. The number of phenols is 1. The van der Waals surface area contributed by atoms with Crippen LogP contribution in [0.1, 0.15) is 23.6 Å². The van der Waals surface area contributed by atoms with Crippen LogP contribution in [0.3, 0.4) is 0 Å². The van der Waals surface area contributed by atoms with Crippen LogP contribution < -0.4 is 19.2 Å². The van der Waals surface area contributed by atoms with Gasteiger partial charge in [0, 0.05) is 28.6 Å². The summed E-state index contributed by atoms with van der Waals surface area (Å²) >= 11 is 6.17. The average molecular weight is 489 g/mol. The van der Waals surface area contributed by atoms with E-state index in [0.29, 0.717) is 28.7 Å². The predicted octanol–water partition coefficient (Wildman–Crippen LogP) is 6.58. The van der Waals surface area contributed by atoms with Gasteiger partial charge < -0.3 is 19.3 Å². The Morgan fingerprint density at radius 2 is 1.54 bits per heavy atom. The first-order chi connectivity index (χ1) is 17.0. The van der Waals surface area contributed by atoms with E-state index in [1.54, 1.807) is 27.4 Å². The molecule has 0 amide bonds. The Kier molecular flexibility index (Phi) is 6.14. The van der Waals surface area contributed by atoms with Crippen LogP contribution >= 0.6 is 11.6 Å². The number of nitrogens with zero attached hydrogens (tertiary/aromatic N) is 2. The van der Waals surface area contributed by atoms with E-state index in [4.69, 9.17) is 30.9 Å². The standard InChI is InChI=1S/C28H25ClN2O4/c1-33-25-16-27(35-3)26(34-2)14-21(25)23-15-22(30-31(23)19-11-9-18(29)10-12-19)28-20-7-5-4-6-17(20)8-13-24(28)32/h4-14,16,23,32H,15H2,1-3H3. The van der Waals surface area contributed by atoms with Crippen molar-refractivity contribution in [2.24, 2.45) is 5.10 Å². The second kappa shape index (κ2) is 9.39. The van der Waals surface area contributed by atoms with E-state index in [1.807, 2.05) is 71.7 Å². The number of hydrogen-bond donors (Lipinski definition) is 1. The summed E-state index contributed by atoms with van der Waals surface area (Å²) in [6.07, 6.45) is 0.538. The topological polar surface area (TPSA) is 63.5 Å². The third-order valence-electron chi connectivity index (χ3n) is 6.29. The summed E-state index contributed by atoms with van der Waals surface area (Å²) in [7, 11) is 4.83. The minimum Gasteiger partial charge on any atom is -0.507 e. The van der Waals surface area contributed by atoms with Gasteiger partial charge in [-0.15, -0.1) is 0 Å². The Labute approximate surface area is 208 Å². The fourth-order valence-electron chi connectivity index (χ4n) is 4.61. The zero-order valence-electron chi connectivity index (χ0n) is 19.7. The number of fused-ring (bicyclic) bond motifs is 1. The number of rotatable bonds is 6. The lowest BCUT2D eigenvalue weighted by Gasteiger charge is -2.26. The van der Waals surface area contributed by atoms with Crippen LogP contribution in [0.4, 0.5) is 5.69 Å². The van der Waals surface area contributed by atoms with E-state index in [0.717, 1.165) is 33.3 Å². The van der Waals surface area contributed by atoms with E-state index < -0.39 is 0 Å². The molecule has 1 unspecified atom stereocenters. The summed E-state index contributed by atoms with van der Waals surface area (Å²) in [5, 5.41) is 20.5. The molecule has 0 spiro atoms. The molecular weight excluding hydrogens is 464 g/mol. The van der Waals surface area contributed by atoms with Gasteiger partial charge in [0.2, 0.25) is 0 Å².